The number of hydrogen-bond acceptors (Lipinski definition) is 6. The van der Waals surface area contributed by atoms with Crippen LogP contribution in [0.25, 0.3) is 0 Å². The fourth-order valence-corrected chi connectivity index (χ4v) is 2.48. The lowest BCUT2D eigenvalue weighted by Gasteiger charge is -2.11. The third-order valence-corrected chi connectivity index (χ3v) is 3.95. The van der Waals surface area contributed by atoms with E-state index in [9.17, 15) is 9.90 Å². The molecule has 0 saturated carbocycles. The van der Waals surface area contributed by atoms with Crippen LogP contribution >= 0.6 is 0 Å². The quantitative estimate of drug-likeness (QED) is 0.483. The van der Waals surface area contributed by atoms with Crippen LogP contribution in [-0.2, 0) is 6.61 Å². The lowest BCUT2D eigenvalue weighted by atomic mass is 10.2. The molecular formula is C22H19N2O4-. The maximum Gasteiger partial charge on any atom is 0.161 e. The van der Waals surface area contributed by atoms with Crippen LogP contribution < -0.4 is 20.0 Å². The number of methoxy groups -OCH3 is 1. The highest BCUT2D eigenvalue weighted by Crippen LogP contribution is 2.28. The minimum absolute atomic E-state index is 0.116. The summed E-state index contributed by atoms with van der Waals surface area (Å²) in [5.41, 5.74) is 5.52. The average molecular weight is 375 g/mol. The second-order valence-electron chi connectivity index (χ2n) is 5.92. The lowest BCUT2D eigenvalue weighted by Crippen LogP contribution is -2.21. The van der Waals surface area contributed by atoms with Gasteiger partial charge in [-0.25, -0.2) is 0 Å². The topological polar surface area (TPSA) is 83.0 Å². The Hall–Kier alpha value is -3.80. The van der Waals surface area contributed by atoms with Gasteiger partial charge in [0.2, 0.25) is 0 Å². The average Bonchev–Trinajstić information content (AvgIpc) is 2.73. The number of nitrogens with zero attached hydrogens (tertiary/aromatic N) is 1. The standard InChI is InChI=1S/C22H20N2O4/c1-27-21-13-17(7-12-20(21)28-15-16-5-3-2-4-6-16)14-23-24-19-10-8-18(9-11-19)22(25)26/h2-14,24H,15H2,1H3,(H,25,26)/p-1. The van der Waals surface area contributed by atoms with Gasteiger partial charge in [0, 0.05) is 0 Å². The van der Waals surface area contributed by atoms with Crippen molar-refractivity contribution in [1.29, 1.82) is 0 Å². The van der Waals surface area contributed by atoms with Crippen LogP contribution in [0.3, 0.4) is 0 Å². The van der Waals surface area contributed by atoms with Crippen molar-refractivity contribution in [3.05, 3.63) is 89.5 Å². The van der Waals surface area contributed by atoms with Crippen LogP contribution in [0.5, 0.6) is 11.5 Å². The molecule has 0 spiro atoms. The van der Waals surface area contributed by atoms with Gasteiger partial charge in [0.15, 0.2) is 11.5 Å². The summed E-state index contributed by atoms with van der Waals surface area (Å²) in [4.78, 5) is 10.7. The maximum atomic E-state index is 10.7. The minimum atomic E-state index is -1.21. The monoisotopic (exact) mass is 375 g/mol. The molecule has 28 heavy (non-hydrogen) atoms. The molecular weight excluding hydrogens is 356 g/mol. The first-order valence-corrected chi connectivity index (χ1v) is 8.61. The number of carbonyl (C=O) groups excluding carboxylic acids is 1. The van der Waals surface area contributed by atoms with Crippen LogP contribution in [0, 0.1) is 0 Å². The molecule has 0 unspecified atom stereocenters. The maximum absolute atomic E-state index is 10.7. The fraction of sp³-hybridized carbons (Fsp3) is 0.0909. The molecule has 0 fully saturated rings. The normalized spacial score (nSPS) is 10.6. The van der Waals surface area contributed by atoms with Gasteiger partial charge in [0.05, 0.1) is 25.0 Å². The molecule has 0 heterocycles. The van der Waals surface area contributed by atoms with E-state index in [1.165, 1.54) is 12.1 Å². The van der Waals surface area contributed by atoms with Crippen molar-refractivity contribution >= 4 is 17.9 Å². The Balaban J connectivity index is 1.62. The zero-order chi connectivity index (χ0) is 19.8. The van der Waals surface area contributed by atoms with Crippen molar-refractivity contribution in [2.24, 2.45) is 5.10 Å². The van der Waals surface area contributed by atoms with Gasteiger partial charge in [-0.3, -0.25) is 5.43 Å². The largest absolute Gasteiger partial charge is 0.545 e. The molecule has 0 amide bonds. The van der Waals surface area contributed by atoms with Gasteiger partial charge in [0.1, 0.15) is 6.61 Å². The summed E-state index contributed by atoms with van der Waals surface area (Å²) in [6.45, 7) is 0.452. The number of ether oxygens (including phenoxy) is 2. The van der Waals surface area contributed by atoms with Crippen LogP contribution in [-0.4, -0.2) is 19.3 Å². The van der Waals surface area contributed by atoms with E-state index < -0.39 is 5.97 Å². The number of aromatic carboxylic acids is 1. The van der Waals surface area contributed by atoms with Gasteiger partial charge in [-0.15, -0.1) is 0 Å². The summed E-state index contributed by atoms with van der Waals surface area (Å²) in [6, 6.07) is 21.6. The highest BCUT2D eigenvalue weighted by Gasteiger charge is 2.05. The van der Waals surface area contributed by atoms with Gasteiger partial charge >= 0.3 is 0 Å². The molecule has 0 bridgehead atoms. The van der Waals surface area contributed by atoms with Gasteiger partial charge < -0.3 is 19.4 Å². The van der Waals surface area contributed by atoms with E-state index in [-0.39, 0.29) is 5.56 Å². The van der Waals surface area contributed by atoms with Gasteiger partial charge in [-0.2, -0.15) is 5.10 Å². The Morgan fingerprint density at radius 1 is 1.04 bits per heavy atom. The van der Waals surface area contributed by atoms with E-state index >= 15 is 0 Å². The van der Waals surface area contributed by atoms with Crippen LogP contribution in [0.1, 0.15) is 21.5 Å². The first kappa shape index (κ1) is 19.0. The molecule has 0 saturated heterocycles. The summed E-state index contributed by atoms with van der Waals surface area (Å²) >= 11 is 0. The van der Waals surface area contributed by atoms with Crippen molar-refractivity contribution in [3.8, 4) is 11.5 Å². The first-order valence-electron chi connectivity index (χ1n) is 8.61. The fourth-order valence-electron chi connectivity index (χ4n) is 2.48. The highest BCUT2D eigenvalue weighted by molar-refractivity contribution is 5.86. The summed E-state index contributed by atoms with van der Waals surface area (Å²) in [6.07, 6.45) is 1.64. The third kappa shape index (κ3) is 5.11. The Morgan fingerprint density at radius 2 is 1.79 bits per heavy atom. The zero-order valence-electron chi connectivity index (χ0n) is 15.3. The molecule has 3 aromatic rings. The Labute approximate surface area is 163 Å². The number of hydrazone groups is 1. The first-order chi connectivity index (χ1) is 13.7. The molecule has 6 nitrogen and oxygen atoms in total. The van der Waals surface area contributed by atoms with E-state index in [4.69, 9.17) is 9.47 Å². The summed E-state index contributed by atoms with van der Waals surface area (Å²) in [5.74, 6) is 0.0456. The predicted octanol–water partition coefficient (Wildman–Crippen LogP) is 3.08. The number of benzene rings is 3. The molecule has 142 valence electrons. The lowest BCUT2D eigenvalue weighted by molar-refractivity contribution is -0.255. The van der Waals surface area contributed by atoms with E-state index in [0.717, 1.165) is 11.1 Å². The summed E-state index contributed by atoms with van der Waals surface area (Å²) in [7, 11) is 1.59. The number of rotatable bonds is 8. The second kappa shape index (κ2) is 9.23. The van der Waals surface area contributed by atoms with E-state index in [1.54, 1.807) is 25.5 Å². The SMILES string of the molecule is COc1cc(C=NNc2ccc(C(=O)[O-])cc2)ccc1OCc1ccccc1. The van der Waals surface area contributed by atoms with E-state index in [0.29, 0.717) is 23.8 Å². The summed E-state index contributed by atoms with van der Waals surface area (Å²) in [5, 5.41) is 14.9. The van der Waals surface area contributed by atoms with Crippen molar-refractivity contribution < 1.29 is 19.4 Å². The Bertz CT molecular complexity index is 954. The molecule has 3 aromatic carbocycles. The van der Waals surface area contributed by atoms with Crippen molar-refractivity contribution in [2.45, 2.75) is 6.61 Å². The van der Waals surface area contributed by atoms with Crippen LogP contribution in [0.4, 0.5) is 5.69 Å². The van der Waals surface area contributed by atoms with Gasteiger partial charge in [-0.05, 0) is 47.0 Å². The molecule has 0 atom stereocenters. The number of anilines is 1. The van der Waals surface area contributed by atoms with Gasteiger partial charge in [-0.1, -0.05) is 42.5 Å². The molecule has 0 aliphatic heterocycles. The second-order valence-corrected chi connectivity index (χ2v) is 5.92. The van der Waals surface area contributed by atoms with Crippen LogP contribution in [0.15, 0.2) is 77.9 Å². The van der Waals surface area contributed by atoms with E-state index in [2.05, 4.69) is 10.5 Å². The van der Waals surface area contributed by atoms with Gasteiger partial charge in [0.25, 0.3) is 0 Å². The molecule has 0 aromatic heterocycles. The van der Waals surface area contributed by atoms with Crippen molar-refractivity contribution in [2.75, 3.05) is 12.5 Å². The van der Waals surface area contributed by atoms with Crippen molar-refractivity contribution in [3.63, 3.8) is 0 Å². The number of carbonyl (C=O) groups is 1. The number of nitrogens with one attached hydrogen (secondary N) is 1. The van der Waals surface area contributed by atoms with Crippen LogP contribution in [0.2, 0.25) is 0 Å². The smallest absolute Gasteiger partial charge is 0.161 e. The molecule has 3 rings (SSSR count). The van der Waals surface area contributed by atoms with Crippen molar-refractivity contribution in [1.82, 2.24) is 0 Å². The zero-order valence-corrected chi connectivity index (χ0v) is 15.3. The molecule has 6 heteroatoms. The molecule has 0 radical (unpaired) electrons. The predicted molar refractivity (Wildman–Crippen MR) is 106 cm³/mol. The van der Waals surface area contributed by atoms with E-state index in [1.807, 2.05) is 48.5 Å². The molecule has 1 N–H and O–H groups in total. The number of hydrogen-bond donors (Lipinski definition) is 1. The number of carboxylic acid groups (broad SMARTS) is 1. The highest BCUT2D eigenvalue weighted by atomic mass is 16.5. The molecule has 0 aliphatic rings. The Kier molecular flexibility index (Phi) is 6.25. The molecule has 0 aliphatic carbocycles. The summed E-state index contributed by atoms with van der Waals surface area (Å²) < 4.78 is 11.2. The minimum Gasteiger partial charge on any atom is -0.545 e. The third-order valence-electron chi connectivity index (χ3n) is 3.95. The Morgan fingerprint density at radius 3 is 2.46 bits per heavy atom. The number of carboxylic acids is 1.